The minimum Gasteiger partial charge on any atom is -0.384 e. The Hall–Kier alpha value is -0.940. The van der Waals surface area contributed by atoms with Crippen LogP contribution in [0.4, 0.5) is 5.13 Å². The number of hydrogen-bond acceptors (Lipinski definition) is 4. The maximum Gasteiger partial charge on any atom is 0.254 e. The van der Waals surface area contributed by atoms with Crippen LogP contribution in [0, 0.1) is 0 Å². The molecule has 0 fully saturated rings. The molecule has 1 atom stereocenters. The Morgan fingerprint density at radius 2 is 2.27 bits per heavy atom. The van der Waals surface area contributed by atoms with Crippen LogP contribution in [0.15, 0.2) is 0 Å². The number of nitrogens with zero attached hydrogens (tertiary/aromatic N) is 1. The van der Waals surface area contributed by atoms with Gasteiger partial charge in [-0.2, -0.15) is 0 Å². The van der Waals surface area contributed by atoms with Crippen LogP contribution in [0.25, 0.3) is 0 Å². The predicted molar refractivity (Wildman–Crippen MR) is 59.1 cm³/mol. The zero-order chi connectivity index (χ0) is 10.8. The number of rotatable bonds is 2. The van der Waals surface area contributed by atoms with Crippen LogP contribution in [0.2, 0.25) is 0 Å². The molecule has 4 nitrogen and oxygen atoms in total. The van der Waals surface area contributed by atoms with Crippen LogP contribution < -0.4 is 5.32 Å². The number of nitrogens with one attached hydrogen (secondary N) is 1. The van der Waals surface area contributed by atoms with Crippen LogP contribution in [-0.4, -0.2) is 22.1 Å². The van der Waals surface area contributed by atoms with Gasteiger partial charge in [0, 0.05) is 4.88 Å². The molecule has 1 heterocycles. The van der Waals surface area contributed by atoms with Gasteiger partial charge >= 0.3 is 0 Å². The minimum atomic E-state index is -0.981. The first-order chi connectivity index (χ1) is 7.16. The first kappa shape index (κ1) is 10.6. The molecule has 0 radical (unpaired) electrons. The number of aliphatic hydroxyl groups is 1. The number of aryl methyl sites for hydroxylation is 2. The summed E-state index contributed by atoms with van der Waals surface area (Å²) in [4.78, 5) is 16.9. The molecule has 0 spiro atoms. The second kappa shape index (κ2) is 4.28. The third-order valence-corrected chi connectivity index (χ3v) is 3.53. The molecule has 0 saturated carbocycles. The molecule has 5 heteroatoms. The summed E-state index contributed by atoms with van der Waals surface area (Å²) in [6, 6.07) is 0. The first-order valence-corrected chi connectivity index (χ1v) is 5.96. The lowest BCUT2D eigenvalue weighted by Gasteiger charge is -2.06. The molecule has 0 aliphatic heterocycles. The second-order valence-electron chi connectivity index (χ2n) is 3.76. The highest BCUT2D eigenvalue weighted by Gasteiger charge is 2.17. The molecule has 0 aromatic carbocycles. The van der Waals surface area contributed by atoms with Gasteiger partial charge in [-0.05, 0) is 32.6 Å². The molecule has 1 amide bonds. The van der Waals surface area contributed by atoms with Crippen molar-refractivity contribution >= 4 is 22.4 Å². The fourth-order valence-corrected chi connectivity index (χ4v) is 2.67. The van der Waals surface area contributed by atoms with E-state index in [1.807, 2.05) is 0 Å². The van der Waals surface area contributed by atoms with Gasteiger partial charge in [-0.3, -0.25) is 10.1 Å². The fraction of sp³-hybridized carbons (Fsp3) is 0.600. The molecule has 2 N–H and O–H groups in total. The van der Waals surface area contributed by atoms with Crippen molar-refractivity contribution in [1.29, 1.82) is 0 Å². The van der Waals surface area contributed by atoms with Crippen LogP contribution in [0.3, 0.4) is 0 Å². The van der Waals surface area contributed by atoms with Gasteiger partial charge in [0.1, 0.15) is 6.10 Å². The predicted octanol–water partition coefficient (Wildman–Crippen LogP) is 1.34. The monoisotopic (exact) mass is 226 g/mol. The Bertz CT molecular complexity index is 350. The van der Waals surface area contributed by atoms with Crippen molar-refractivity contribution in [3.05, 3.63) is 10.6 Å². The van der Waals surface area contributed by atoms with E-state index in [9.17, 15) is 4.79 Å². The zero-order valence-corrected chi connectivity index (χ0v) is 9.43. The molecule has 2 rings (SSSR count). The number of aromatic nitrogens is 1. The van der Waals surface area contributed by atoms with Gasteiger partial charge in [0.05, 0.1) is 5.69 Å². The van der Waals surface area contributed by atoms with Gasteiger partial charge in [0.15, 0.2) is 5.13 Å². The molecule has 1 aliphatic rings. The highest BCUT2D eigenvalue weighted by Crippen LogP contribution is 2.29. The maximum atomic E-state index is 11.2. The number of carbonyl (C=O) groups excluding carboxylic acids is 1. The fourth-order valence-electron chi connectivity index (χ4n) is 1.62. The lowest BCUT2D eigenvalue weighted by molar-refractivity contribution is -0.123. The molecule has 1 aromatic rings. The van der Waals surface area contributed by atoms with Gasteiger partial charge in [-0.25, -0.2) is 4.98 Å². The quantitative estimate of drug-likeness (QED) is 0.800. The van der Waals surface area contributed by atoms with Gasteiger partial charge in [0.25, 0.3) is 5.91 Å². The number of carbonyl (C=O) groups is 1. The summed E-state index contributed by atoms with van der Waals surface area (Å²) in [5, 5.41) is 12.3. The Morgan fingerprint density at radius 1 is 1.53 bits per heavy atom. The molecule has 0 saturated heterocycles. The summed E-state index contributed by atoms with van der Waals surface area (Å²) in [7, 11) is 0. The summed E-state index contributed by atoms with van der Waals surface area (Å²) in [5.74, 6) is -0.388. The van der Waals surface area contributed by atoms with Gasteiger partial charge in [-0.1, -0.05) is 0 Å². The average Bonchev–Trinajstić information content (AvgIpc) is 2.59. The summed E-state index contributed by atoms with van der Waals surface area (Å²) < 4.78 is 0. The summed E-state index contributed by atoms with van der Waals surface area (Å²) in [6.07, 6.45) is 3.49. The van der Waals surface area contributed by atoms with E-state index in [1.165, 1.54) is 36.0 Å². The van der Waals surface area contributed by atoms with E-state index in [0.717, 1.165) is 18.5 Å². The molecule has 15 heavy (non-hydrogen) atoms. The number of anilines is 1. The van der Waals surface area contributed by atoms with E-state index in [1.54, 1.807) is 0 Å². The Balaban J connectivity index is 2.09. The summed E-state index contributed by atoms with van der Waals surface area (Å²) in [5.41, 5.74) is 1.12. The number of amides is 1. The highest BCUT2D eigenvalue weighted by molar-refractivity contribution is 7.15. The lowest BCUT2D eigenvalue weighted by atomic mass is 10.0. The third kappa shape index (κ3) is 2.35. The van der Waals surface area contributed by atoms with E-state index in [4.69, 9.17) is 5.11 Å². The minimum absolute atomic E-state index is 0.388. The van der Waals surface area contributed by atoms with Crippen molar-refractivity contribution < 1.29 is 9.90 Å². The first-order valence-electron chi connectivity index (χ1n) is 5.14. The SMILES string of the molecule is CC(O)C(=O)Nc1nc2c(s1)CCCC2. The summed E-state index contributed by atoms with van der Waals surface area (Å²) >= 11 is 1.53. The molecule has 1 unspecified atom stereocenters. The Morgan fingerprint density at radius 3 is 2.93 bits per heavy atom. The highest BCUT2D eigenvalue weighted by atomic mass is 32.1. The maximum absolute atomic E-state index is 11.2. The lowest BCUT2D eigenvalue weighted by Crippen LogP contribution is -2.24. The van der Waals surface area contributed by atoms with E-state index in [-0.39, 0.29) is 5.91 Å². The molecule has 0 bridgehead atoms. The second-order valence-corrected chi connectivity index (χ2v) is 4.84. The third-order valence-electron chi connectivity index (χ3n) is 2.46. The van der Waals surface area contributed by atoms with Crippen LogP contribution in [0.1, 0.15) is 30.3 Å². The van der Waals surface area contributed by atoms with E-state index in [2.05, 4.69) is 10.3 Å². The van der Waals surface area contributed by atoms with Crippen LogP contribution >= 0.6 is 11.3 Å². The molecule has 1 aliphatic carbocycles. The van der Waals surface area contributed by atoms with Crippen LogP contribution in [-0.2, 0) is 17.6 Å². The van der Waals surface area contributed by atoms with Crippen molar-refractivity contribution in [2.75, 3.05) is 5.32 Å². The topological polar surface area (TPSA) is 62.2 Å². The molecular weight excluding hydrogens is 212 g/mol. The zero-order valence-electron chi connectivity index (χ0n) is 8.62. The van der Waals surface area contributed by atoms with Gasteiger partial charge in [0.2, 0.25) is 0 Å². The van der Waals surface area contributed by atoms with E-state index in [0.29, 0.717) is 5.13 Å². The Kier molecular flexibility index (Phi) is 3.02. The number of fused-ring (bicyclic) bond motifs is 1. The largest absolute Gasteiger partial charge is 0.384 e. The smallest absolute Gasteiger partial charge is 0.254 e. The van der Waals surface area contributed by atoms with E-state index < -0.39 is 6.10 Å². The average molecular weight is 226 g/mol. The standard InChI is InChI=1S/C10H14N2O2S/c1-6(13)9(14)12-10-11-7-4-2-3-5-8(7)15-10/h6,13H,2-5H2,1H3,(H,11,12,14). The molecular formula is C10H14N2O2S. The van der Waals surface area contributed by atoms with Crippen molar-refractivity contribution in [1.82, 2.24) is 4.98 Å². The number of aliphatic hydroxyl groups excluding tert-OH is 1. The summed E-state index contributed by atoms with van der Waals surface area (Å²) in [6.45, 7) is 1.45. The number of thiazole rings is 1. The van der Waals surface area contributed by atoms with Crippen molar-refractivity contribution in [3.8, 4) is 0 Å². The van der Waals surface area contributed by atoms with Crippen molar-refractivity contribution in [2.24, 2.45) is 0 Å². The van der Waals surface area contributed by atoms with Crippen molar-refractivity contribution in [3.63, 3.8) is 0 Å². The molecule has 1 aromatic heterocycles. The van der Waals surface area contributed by atoms with Gasteiger partial charge < -0.3 is 5.11 Å². The van der Waals surface area contributed by atoms with Crippen molar-refractivity contribution in [2.45, 2.75) is 38.7 Å². The Labute approximate surface area is 92.3 Å². The normalized spacial score (nSPS) is 16.9. The number of hydrogen-bond donors (Lipinski definition) is 2. The van der Waals surface area contributed by atoms with Gasteiger partial charge in [-0.15, -0.1) is 11.3 Å². The van der Waals surface area contributed by atoms with Crippen LogP contribution in [0.5, 0.6) is 0 Å². The molecule has 82 valence electrons. The van der Waals surface area contributed by atoms with E-state index >= 15 is 0 Å².